The van der Waals surface area contributed by atoms with E-state index in [0.717, 1.165) is 18.2 Å². The van der Waals surface area contributed by atoms with Crippen molar-refractivity contribution < 1.29 is 19.4 Å². The van der Waals surface area contributed by atoms with Gasteiger partial charge < -0.3 is 4.90 Å². The molecule has 11 heteroatoms. The summed E-state index contributed by atoms with van der Waals surface area (Å²) in [5, 5.41) is 21.7. The Morgan fingerprint density at radius 1 is 0.889 bits per heavy atom. The number of non-ortho nitro benzene ring substituents is 2. The SMILES string of the molecule is CN(C)C(=O)c1ccc(NNC(=O)c2cc([N+](=O)[O-])cc([N+](=O)[O-])c2)cc1. The number of nitrogens with one attached hydrogen (secondary N) is 2. The first-order valence-corrected chi connectivity index (χ1v) is 7.51. The lowest BCUT2D eigenvalue weighted by Gasteiger charge is -2.12. The number of carbonyl (C=O) groups excluding carboxylic acids is 2. The van der Waals surface area contributed by atoms with E-state index >= 15 is 0 Å². The van der Waals surface area contributed by atoms with Gasteiger partial charge >= 0.3 is 0 Å². The molecule has 0 aliphatic heterocycles. The van der Waals surface area contributed by atoms with Crippen molar-refractivity contribution in [2.45, 2.75) is 0 Å². The van der Waals surface area contributed by atoms with Crippen LogP contribution in [0.15, 0.2) is 42.5 Å². The Hall–Kier alpha value is -4.02. The molecule has 140 valence electrons. The molecule has 2 amide bonds. The van der Waals surface area contributed by atoms with Crippen LogP contribution < -0.4 is 10.9 Å². The van der Waals surface area contributed by atoms with Crippen molar-refractivity contribution in [3.8, 4) is 0 Å². The van der Waals surface area contributed by atoms with E-state index in [1.54, 1.807) is 38.4 Å². The lowest BCUT2D eigenvalue weighted by molar-refractivity contribution is -0.394. The number of hydrazine groups is 1. The van der Waals surface area contributed by atoms with Crippen LogP contribution in [0.2, 0.25) is 0 Å². The van der Waals surface area contributed by atoms with Crippen LogP contribution in [0.5, 0.6) is 0 Å². The van der Waals surface area contributed by atoms with Gasteiger partial charge in [0.2, 0.25) is 0 Å². The van der Waals surface area contributed by atoms with Crippen molar-refractivity contribution in [3.05, 3.63) is 73.8 Å². The van der Waals surface area contributed by atoms with Gasteiger partial charge in [0.15, 0.2) is 0 Å². The number of anilines is 1. The van der Waals surface area contributed by atoms with E-state index in [-0.39, 0.29) is 11.5 Å². The molecule has 0 saturated carbocycles. The standard InChI is InChI=1S/C16H15N5O6/c1-19(2)16(23)10-3-5-12(6-4-10)17-18-15(22)11-7-13(20(24)25)9-14(8-11)21(26)27/h3-9,17H,1-2H3,(H,18,22). The van der Waals surface area contributed by atoms with Gasteiger partial charge in [-0.1, -0.05) is 0 Å². The maximum Gasteiger partial charge on any atom is 0.277 e. The zero-order valence-corrected chi connectivity index (χ0v) is 14.3. The molecule has 2 N–H and O–H groups in total. The van der Waals surface area contributed by atoms with Gasteiger partial charge in [0, 0.05) is 31.8 Å². The van der Waals surface area contributed by atoms with Crippen molar-refractivity contribution in [1.82, 2.24) is 10.3 Å². The Kier molecular flexibility index (Phi) is 5.65. The number of nitro benzene ring substituents is 2. The molecule has 0 aromatic heterocycles. The van der Waals surface area contributed by atoms with E-state index in [2.05, 4.69) is 10.9 Å². The molecule has 0 fully saturated rings. The van der Waals surface area contributed by atoms with Crippen LogP contribution in [0, 0.1) is 20.2 Å². The molecular weight excluding hydrogens is 358 g/mol. The largest absolute Gasteiger partial charge is 0.345 e. The number of nitro groups is 2. The fourth-order valence-corrected chi connectivity index (χ4v) is 2.09. The van der Waals surface area contributed by atoms with E-state index < -0.39 is 27.1 Å². The lowest BCUT2D eigenvalue weighted by atomic mass is 10.1. The molecule has 0 saturated heterocycles. The van der Waals surface area contributed by atoms with Crippen molar-refractivity contribution in [2.24, 2.45) is 0 Å². The summed E-state index contributed by atoms with van der Waals surface area (Å²) in [4.78, 5) is 45.5. The summed E-state index contributed by atoms with van der Waals surface area (Å²) in [6, 6.07) is 8.83. The third kappa shape index (κ3) is 4.75. The van der Waals surface area contributed by atoms with E-state index in [0.29, 0.717) is 11.3 Å². The third-order valence-electron chi connectivity index (χ3n) is 3.44. The molecule has 11 nitrogen and oxygen atoms in total. The number of rotatable bonds is 6. The van der Waals surface area contributed by atoms with Crippen molar-refractivity contribution in [2.75, 3.05) is 19.5 Å². The van der Waals surface area contributed by atoms with Gasteiger partial charge in [-0.25, -0.2) is 0 Å². The van der Waals surface area contributed by atoms with Gasteiger partial charge in [-0.3, -0.25) is 40.7 Å². The molecule has 0 radical (unpaired) electrons. The Morgan fingerprint density at radius 2 is 1.41 bits per heavy atom. The van der Waals surface area contributed by atoms with Gasteiger partial charge in [-0.05, 0) is 24.3 Å². The second-order valence-electron chi connectivity index (χ2n) is 5.61. The number of hydrogen-bond acceptors (Lipinski definition) is 7. The molecule has 2 aromatic rings. The minimum Gasteiger partial charge on any atom is -0.345 e. The predicted molar refractivity (Wildman–Crippen MR) is 95.3 cm³/mol. The first-order valence-electron chi connectivity index (χ1n) is 7.51. The molecule has 0 heterocycles. The smallest absolute Gasteiger partial charge is 0.277 e. The fourth-order valence-electron chi connectivity index (χ4n) is 2.09. The summed E-state index contributed by atoms with van der Waals surface area (Å²) in [6.45, 7) is 0. The second-order valence-corrected chi connectivity index (χ2v) is 5.61. The zero-order valence-electron chi connectivity index (χ0n) is 14.3. The molecule has 2 aromatic carbocycles. The fraction of sp³-hybridized carbons (Fsp3) is 0.125. The van der Waals surface area contributed by atoms with E-state index in [1.807, 2.05) is 0 Å². The average Bonchev–Trinajstić information content (AvgIpc) is 2.65. The van der Waals surface area contributed by atoms with Crippen molar-refractivity contribution in [1.29, 1.82) is 0 Å². The Morgan fingerprint density at radius 3 is 1.85 bits per heavy atom. The van der Waals surface area contributed by atoms with Crippen LogP contribution in [0.3, 0.4) is 0 Å². The second kappa shape index (κ2) is 7.91. The molecule has 0 bridgehead atoms. The highest BCUT2D eigenvalue weighted by Crippen LogP contribution is 2.22. The highest BCUT2D eigenvalue weighted by Gasteiger charge is 2.19. The normalized spacial score (nSPS) is 10.0. The minimum absolute atomic E-state index is 0.186. The molecule has 2 rings (SSSR count). The van der Waals surface area contributed by atoms with Crippen LogP contribution in [0.4, 0.5) is 17.1 Å². The van der Waals surface area contributed by atoms with Crippen LogP contribution in [0.25, 0.3) is 0 Å². The van der Waals surface area contributed by atoms with Crippen molar-refractivity contribution >= 4 is 28.9 Å². The summed E-state index contributed by atoms with van der Waals surface area (Å²) >= 11 is 0. The Balaban J connectivity index is 2.12. The maximum atomic E-state index is 12.2. The summed E-state index contributed by atoms with van der Waals surface area (Å²) in [7, 11) is 3.24. The number of nitrogens with zero attached hydrogens (tertiary/aromatic N) is 3. The predicted octanol–water partition coefficient (Wildman–Crippen LogP) is 1.96. The molecular formula is C16H15N5O6. The average molecular weight is 373 g/mol. The summed E-state index contributed by atoms with van der Waals surface area (Å²) < 4.78 is 0. The van der Waals surface area contributed by atoms with E-state index in [4.69, 9.17) is 0 Å². The van der Waals surface area contributed by atoms with Gasteiger partial charge in [-0.15, -0.1) is 0 Å². The van der Waals surface area contributed by atoms with E-state index in [9.17, 15) is 29.8 Å². The van der Waals surface area contributed by atoms with E-state index in [1.165, 1.54) is 4.90 Å². The summed E-state index contributed by atoms with van der Waals surface area (Å²) in [6.07, 6.45) is 0. The first-order chi connectivity index (χ1) is 12.7. The summed E-state index contributed by atoms with van der Waals surface area (Å²) in [5.74, 6) is -0.982. The Labute approximate surface area is 152 Å². The minimum atomic E-state index is -0.822. The lowest BCUT2D eigenvalue weighted by Crippen LogP contribution is -2.29. The number of benzene rings is 2. The summed E-state index contributed by atoms with van der Waals surface area (Å²) in [5.41, 5.74) is 4.37. The van der Waals surface area contributed by atoms with Gasteiger partial charge in [0.25, 0.3) is 23.2 Å². The molecule has 0 unspecified atom stereocenters. The number of carbonyl (C=O) groups is 2. The molecule has 0 aliphatic carbocycles. The van der Waals surface area contributed by atoms with Gasteiger partial charge in [-0.2, -0.15) is 0 Å². The highest BCUT2D eigenvalue weighted by atomic mass is 16.6. The monoisotopic (exact) mass is 373 g/mol. The maximum absolute atomic E-state index is 12.2. The number of amides is 2. The quantitative estimate of drug-likeness (QED) is 0.581. The first kappa shape index (κ1) is 19.3. The van der Waals surface area contributed by atoms with Crippen LogP contribution in [0.1, 0.15) is 20.7 Å². The highest BCUT2D eigenvalue weighted by molar-refractivity contribution is 5.96. The van der Waals surface area contributed by atoms with Gasteiger partial charge in [0.05, 0.1) is 27.2 Å². The molecule has 0 aliphatic rings. The molecule has 0 spiro atoms. The van der Waals surface area contributed by atoms with Gasteiger partial charge in [0.1, 0.15) is 0 Å². The van der Waals surface area contributed by atoms with Crippen molar-refractivity contribution in [3.63, 3.8) is 0 Å². The Bertz CT molecular complexity index is 878. The van der Waals surface area contributed by atoms with Crippen LogP contribution >= 0.6 is 0 Å². The van der Waals surface area contributed by atoms with Crippen LogP contribution in [-0.2, 0) is 0 Å². The topological polar surface area (TPSA) is 148 Å². The zero-order chi connectivity index (χ0) is 20.1. The number of hydrogen-bond donors (Lipinski definition) is 2. The molecule has 27 heavy (non-hydrogen) atoms. The van der Waals surface area contributed by atoms with Crippen LogP contribution in [-0.4, -0.2) is 40.7 Å². The third-order valence-corrected chi connectivity index (χ3v) is 3.44. The molecule has 0 atom stereocenters.